The molecule has 1 saturated heterocycles. The molecule has 0 spiro atoms. The fourth-order valence-electron chi connectivity index (χ4n) is 1.89. The quantitative estimate of drug-likeness (QED) is 0.796. The lowest BCUT2D eigenvalue weighted by molar-refractivity contribution is 0.477. The first-order valence-corrected chi connectivity index (χ1v) is 7.37. The first-order chi connectivity index (χ1) is 8.05. The highest BCUT2D eigenvalue weighted by Crippen LogP contribution is 2.23. The molecule has 0 aliphatic carbocycles. The Bertz CT molecular complexity index is 512. The van der Waals surface area contributed by atoms with Gasteiger partial charge in [0, 0.05) is 18.7 Å². The van der Waals surface area contributed by atoms with Crippen LogP contribution in [-0.2, 0) is 15.9 Å². The predicted octanol–water partition coefficient (Wildman–Crippen LogP) is 2.35. The summed E-state index contributed by atoms with van der Waals surface area (Å²) in [6.07, 6.45) is 1.76. The number of benzene rings is 1. The molecule has 0 unspecified atom stereocenters. The maximum absolute atomic E-state index is 13.2. The van der Waals surface area contributed by atoms with Crippen LogP contribution in [0.2, 0.25) is 0 Å². The summed E-state index contributed by atoms with van der Waals surface area (Å²) in [4.78, 5) is 0.122. The molecule has 0 atom stereocenters. The minimum atomic E-state index is -3.48. The third kappa shape index (κ3) is 2.46. The molecule has 0 amide bonds. The van der Waals surface area contributed by atoms with Gasteiger partial charge in [-0.15, -0.1) is 11.6 Å². The largest absolute Gasteiger partial charge is 0.243 e. The smallest absolute Gasteiger partial charge is 0.207 e. The third-order valence-corrected chi connectivity index (χ3v) is 5.05. The van der Waals surface area contributed by atoms with E-state index in [1.54, 1.807) is 0 Å². The maximum atomic E-state index is 13.2. The SMILES string of the molecule is O=S(=O)(c1ccc(F)c(CCl)c1)N1CCCC1. The Morgan fingerprint density at radius 3 is 2.53 bits per heavy atom. The van der Waals surface area contributed by atoms with Crippen molar-refractivity contribution < 1.29 is 12.8 Å². The second-order valence-electron chi connectivity index (χ2n) is 4.00. The zero-order chi connectivity index (χ0) is 12.5. The van der Waals surface area contributed by atoms with Crippen LogP contribution >= 0.6 is 11.6 Å². The van der Waals surface area contributed by atoms with Crippen molar-refractivity contribution in [3.05, 3.63) is 29.6 Å². The molecule has 94 valence electrons. The Morgan fingerprint density at radius 2 is 1.94 bits per heavy atom. The van der Waals surface area contributed by atoms with E-state index < -0.39 is 15.8 Å². The van der Waals surface area contributed by atoms with Crippen molar-refractivity contribution in [2.45, 2.75) is 23.6 Å². The molecule has 1 fully saturated rings. The number of nitrogens with zero attached hydrogens (tertiary/aromatic N) is 1. The van der Waals surface area contributed by atoms with Gasteiger partial charge in [-0.1, -0.05) is 0 Å². The topological polar surface area (TPSA) is 37.4 Å². The van der Waals surface area contributed by atoms with Gasteiger partial charge in [0.05, 0.1) is 10.8 Å². The lowest BCUT2D eigenvalue weighted by Crippen LogP contribution is -2.27. The van der Waals surface area contributed by atoms with Crippen molar-refractivity contribution >= 4 is 21.6 Å². The normalized spacial score (nSPS) is 17.5. The lowest BCUT2D eigenvalue weighted by Gasteiger charge is -2.15. The van der Waals surface area contributed by atoms with Gasteiger partial charge in [0.15, 0.2) is 0 Å². The Balaban J connectivity index is 2.39. The molecular weight excluding hydrogens is 265 g/mol. The minimum Gasteiger partial charge on any atom is -0.207 e. The van der Waals surface area contributed by atoms with E-state index >= 15 is 0 Å². The van der Waals surface area contributed by atoms with Gasteiger partial charge in [-0.3, -0.25) is 0 Å². The number of halogens is 2. The third-order valence-electron chi connectivity index (χ3n) is 2.86. The van der Waals surface area contributed by atoms with E-state index in [0.29, 0.717) is 13.1 Å². The standard InChI is InChI=1S/C11H13ClFNO2S/c12-8-9-7-10(3-4-11(9)13)17(15,16)14-5-1-2-6-14/h3-4,7H,1-2,5-6,8H2. The zero-order valence-corrected chi connectivity index (χ0v) is 10.8. The number of alkyl halides is 1. The number of hydrogen-bond donors (Lipinski definition) is 0. The highest BCUT2D eigenvalue weighted by molar-refractivity contribution is 7.89. The average molecular weight is 278 g/mol. The fraction of sp³-hybridized carbons (Fsp3) is 0.455. The van der Waals surface area contributed by atoms with Gasteiger partial charge in [0.2, 0.25) is 10.0 Å². The Morgan fingerprint density at radius 1 is 1.29 bits per heavy atom. The van der Waals surface area contributed by atoms with E-state index in [1.165, 1.54) is 16.4 Å². The van der Waals surface area contributed by atoms with Crippen molar-refractivity contribution in [1.29, 1.82) is 0 Å². The Labute approximate surface area is 105 Å². The van der Waals surface area contributed by atoms with Crippen molar-refractivity contribution in [1.82, 2.24) is 4.31 Å². The Hall–Kier alpha value is -0.650. The second kappa shape index (κ2) is 4.92. The molecule has 1 aromatic carbocycles. The van der Waals surface area contributed by atoms with Crippen LogP contribution in [0.25, 0.3) is 0 Å². The molecule has 1 aromatic rings. The first kappa shape index (κ1) is 12.8. The molecule has 6 heteroatoms. The molecule has 3 nitrogen and oxygen atoms in total. The van der Waals surface area contributed by atoms with Gasteiger partial charge in [0.25, 0.3) is 0 Å². The highest BCUT2D eigenvalue weighted by Gasteiger charge is 2.27. The van der Waals surface area contributed by atoms with E-state index in [1.807, 2.05) is 0 Å². The molecule has 1 aliphatic rings. The van der Waals surface area contributed by atoms with E-state index in [-0.39, 0.29) is 16.3 Å². The van der Waals surface area contributed by atoms with Crippen molar-refractivity contribution in [3.8, 4) is 0 Å². The van der Waals surface area contributed by atoms with E-state index in [9.17, 15) is 12.8 Å². The molecule has 0 aromatic heterocycles. The molecule has 2 rings (SSSR count). The van der Waals surface area contributed by atoms with Crippen LogP contribution in [0, 0.1) is 5.82 Å². The number of hydrogen-bond acceptors (Lipinski definition) is 2. The van der Waals surface area contributed by atoms with E-state index in [0.717, 1.165) is 18.9 Å². The van der Waals surface area contributed by atoms with Gasteiger partial charge >= 0.3 is 0 Å². The van der Waals surface area contributed by atoms with Crippen LogP contribution in [0.5, 0.6) is 0 Å². The van der Waals surface area contributed by atoms with Crippen LogP contribution in [0.3, 0.4) is 0 Å². The summed E-state index contributed by atoms with van der Waals surface area (Å²) >= 11 is 5.57. The van der Waals surface area contributed by atoms with Crippen LogP contribution in [0.15, 0.2) is 23.1 Å². The van der Waals surface area contributed by atoms with Gasteiger partial charge in [-0.05, 0) is 31.0 Å². The summed E-state index contributed by atoms with van der Waals surface area (Å²) in [5.74, 6) is -0.504. The fourth-order valence-corrected chi connectivity index (χ4v) is 3.66. The first-order valence-electron chi connectivity index (χ1n) is 5.40. The summed E-state index contributed by atoms with van der Waals surface area (Å²) < 4.78 is 39.0. The summed E-state index contributed by atoms with van der Waals surface area (Å²) in [6, 6.07) is 3.76. The zero-order valence-electron chi connectivity index (χ0n) is 9.20. The Kier molecular flexibility index (Phi) is 3.70. The molecule has 1 aliphatic heterocycles. The monoisotopic (exact) mass is 277 g/mol. The molecular formula is C11H13ClFNO2S. The van der Waals surface area contributed by atoms with Crippen LogP contribution < -0.4 is 0 Å². The van der Waals surface area contributed by atoms with Crippen molar-refractivity contribution in [3.63, 3.8) is 0 Å². The summed E-state index contributed by atoms with van der Waals surface area (Å²) in [5, 5.41) is 0. The number of sulfonamides is 1. The maximum Gasteiger partial charge on any atom is 0.243 e. The molecule has 0 bridgehead atoms. The predicted molar refractivity (Wildman–Crippen MR) is 63.9 cm³/mol. The van der Waals surface area contributed by atoms with Gasteiger partial charge in [-0.2, -0.15) is 4.31 Å². The summed E-state index contributed by atoms with van der Waals surface area (Å²) in [6.45, 7) is 1.08. The second-order valence-corrected chi connectivity index (χ2v) is 6.20. The van der Waals surface area contributed by atoms with Crippen LogP contribution in [0.4, 0.5) is 4.39 Å². The van der Waals surface area contributed by atoms with Gasteiger partial charge < -0.3 is 0 Å². The lowest BCUT2D eigenvalue weighted by atomic mass is 10.2. The molecule has 0 saturated carbocycles. The molecule has 0 N–H and O–H groups in total. The number of rotatable bonds is 3. The van der Waals surface area contributed by atoms with Crippen LogP contribution in [-0.4, -0.2) is 25.8 Å². The average Bonchev–Trinajstić information content (AvgIpc) is 2.83. The van der Waals surface area contributed by atoms with Gasteiger partial charge in [-0.25, -0.2) is 12.8 Å². The molecule has 17 heavy (non-hydrogen) atoms. The van der Waals surface area contributed by atoms with E-state index in [4.69, 9.17) is 11.6 Å². The van der Waals surface area contributed by atoms with E-state index in [2.05, 4.69) is 0 Å². The van der Waals surface area contributed by atoms with Crippen molar-refractivity contribution in [2.24, 2.45) is 0 Å². The molecule has 0 radical (unpaired) electrons. The molecule has 1 heterocycles. The minimum absolute atomic E-state index is 0.0325. The highest BCUT2D eigenvalue weighted by atomic mass is 35.5. The summed E-state index contributed by atoms with van der Waals surface area (Å²) in [5.41, 5.74) is 0.215. The van der Waals surface area contributed by atoms with Crippen LogP contribution in [0.1, 0.15) is 18.4 Å². The summed E-state index contributed by atoms with van der Waals surface area (Å²) in [7, 11) is -3.48. The van der Waals surface area contributed by atoms with Crippen molar-refractivity contribution in [2.75, 3.05) is 13.1 Å². The van der Waals surface area contributed by atoms with Gasteiger partial charge in [0.1, 0.15) is 5.82 Å².